The summed E-state index contributed by atoms with van der Waals surface area (Å²) in [6.45, 7) is 10.3. The molecule has 146 valence electrons. The highest BCUT2D eigenvalue weighted by Gasteiger charge is 2.16. The van der Waals surface area contributed by atoms with E-state index in [-0.39, 0.29) is 5.57 Å². The van der Waals surface area contributed by atoms with Crippen LogP contribution in [0.2, 0.25) is 0 Å². The lowest BCUT2D eigenvalue weighted by Crippen LogP contribution is -2.17. The van der Waals surface area contributed by atoms with Crippen LogP contribution in [0.15, 0.2) is 29.8 Å². The summed E-state index contributed by atoms with van der Waals surface area (Å²) in [5.74, 6) is 1.30. The topological polar surface area (TPSA) is 76.3 Å². The van der Waals surface area contributed by atoms with E-state index in [1.807, 2.05) is 26.0 Å². The minimum atomic E-state index is -0.451. The van der Waals surface area contributed by atoms with Gasteiger partial charge in [0.1, 0.15) is 24.9 Å². The smallest absolute Gasteiger partial charge is 0.266 e. The summed E-state index contributed by atoms with van der Waals surface area (Å²) in [6, 6.07) is 9.20. The van der Waals surface area contributed by atoms with Gasteiger partial charge in [-0.15, -0.1) is 0 Å². The Bertz CT molecular complexity index is 964. The van der Waals surface area contributed by atoms with Crippen LogP contribution in [0.25, 0.3) is 6.08 Å². The molecule has 1 aromatic carbocycles. The highest BCUT2D eigenvalue weighted by atomic mass is 16.6. The van der Waals surface area contributed by atoms with Crippen LogP contribution >= 0.6 is 0 Å². The first-order valence-electron chi connectivity index (χ1n) is 9.38. The average Bonchev–Trinajstić information content (AvgIpc) is 2.92. The number of hydrogen-bond acceptors (Lipinski definition) is 4. The number of carbonyl (C=O) groups excluding carboxylic acids is 1. The highest BCUT2D eigenvalue weighted by Crippen LogP contribution is 2.32. The zero-order chi connectivity index (χ0) is 20.3. The van der Waals surface area contributed by atoms with Gasteiger partial charge in [-0.1, -0.05) is 13.8 Å². The minimum absolute atomic E-state index is 0.0553. The number of amides is 1. The molecular formula is C22H25N3O3. The van der Waals surface area contributed by atoms with E-state index in [0.717, 1.165) is 23.5 Å². The monoisotopic (exact) mass is 379 g/mol. The Balaban J connectivity index is 1.81. The van der Waals surface area contributed by atoms with Crippen LogP contribution in [0, 0.1) is 31.1 Å². The second-order valence-corrected chi connectivity index (χ2v) is 7.31. The molecule has 0 saturated heterocycles. The van der Waals surface area contributed by atoms with Crippen LogP contribution in [-0.4, -0.2) is 23.7 Å². The van der Waals surface area contributed by atoms with Crippen LogP contribution in [0.4, 0.5) is 5.69 Å². The number of ether oxygens (including phenoxy) is 2. The lowest BCUT2D eigenvalue weighted by atomic mass is 10.1. The Morgan fingerprint density at radius 3 is 2.64 bits per heavy atom. The van der Waals surface area contributed by atoms with Crippen LogP contribution in [0.3, 0.4) is 0 Å². The van der Waals surface area contributed by atoms with Gasteiger partial charge in [-0.05, 0) is 49.6 Å². The molecule has 0 saturated carbocycles. The fourth-order valence-corrected chi connectivity index (χ4v) is 3.24. The normalized spacial score (nSPS) is 13.4. The first-order valence-corrected chi connectivity index (χ1v) is 9.38. The molecule has 0 spiro atoms. The molecule has 3 rings (SSSR count). The Morgan fingerprint density at radius 1 is 1.25 bits per heavy atom. The van der Waals surface area contributed by atoms with Crippen molar-refractivity contribution < 1.29 is 14.3 Å². The van der Waals surface area contributed by atoms with Gasteiger partial charge in [-0.25, -0.2) is 0 Å². The van der Waals surface area contributed by atoms with Gasteiger partial charge < -0.3 is 19.4 Å². The van der Waals surface area contributed by atoms with Gasteiger partial charge in [-0.3, -0.25) is 4.79 Å². The van der Waals surface area contributed by atoms with Gasteiger partial charge in [0.15, 0.2) is 11.5 Å². The Morgan fingerprint density at radius 2 is 1.96 bits per heavy atom. The number of nitriles is 1. The van der Waals surface area contributed by atoms with E-state index in [0.29, 0.717) is 36.3 Å². The molecule has 1 amide bonds. The molecule has 28 heavy (non-hydrogen) atoms. The van der Waals surface area contributed by atoms with Crippen LogP contribution in [-0.2, 0) is 11.3 Å². The van der Waals surface area contributed by atoms with Crippen molar-refractivity contribution in [3.63, 3.8) is 0 Å². The molecule has 1 N–H and O–H groups in total. The molecule has 0 atom stereocenters. The van der Waals surface area contributed by atoms with E-state index in [2.05, 4.69) is 23.7 Å². The second kappa shape index (κ2) is 8.22. The van der Waals surface area contributed by atoms with Crippen LogP contribution in [0.1, 0.15) is 30.8 Å². The summed E-state index contributed by atoms with van der Waals surface area (Å²) >= 11 is 0. The zero-order valence-corrected chi connectivity index (χ0v) is 16.7. The molecule has 0 radical (unpaired) electrons. The van der Waals surface area contributed by atoms with Gasteiger partial charge in [0.2, 0.25) is 0 Å². The van der Waals surface area contributed by atoms with Crippen molar-refractivity contribution in [1.29, 1.82) is 5.26 Å². The molecule has 0 aliphatic carbocycles. The second-order valence-electron chi connectivity index (χ2n) is 7.31. The number of aryl methyl sites for hydroxylation is 1. The molecule has 0 fully saturated rings. The van der Waals surface area contributed by atoms with Crippen molar-refractivity contribution >= 4 is 17.7 Å². The first-order chi connectivity index (χ1) is 13.4. The summed E-state index contributed by atoms with van der Waals surface area (Å²) in [4.78, 5) is 12.6. The molecule has 1 aromatic heterocycles. The van der Waals surface area contributed by atoms with E-state index in [9.17, 15) is 10.1 Å². The van der Waals surface area contributed by atoms with Crippen LogP contribution < -0.4 is 14.8 Å². The van der Waals surface area contributed by atoms with E-state index in [1.165, 1.54) is 0 Å². The van der Waals surface area contributed by atoms with E-state index < -0.39 is 5.91 Å². The number of hydrogen-bond donors (Lipinski definition) is 1. The molecule has 6 heteroatoms. The number of nitrogens with zero attached hydrogens (tertiary/aromatic N) is 2. The van der Waals surface area contributed by atoms with Crippen molar-refractivity contribution in [2.45, 2.75) is 34.2 Å². The summed E-state index contributed by atoms with van der Waals surface area (Å²) in [6.07, 6.45) is 1.65. The molecule has 2 aromatic rings. The maximum atomic E-state index is 12.6. The molecular weight excluding hydrogens is 354 g/mol. The summed E-state index contributed by atoms with van der Waals surface area (Å²) in [5.41, 5.74) is 3.65. The molecule has 0 unspecified atom stereocenters. The lowest BCUT2D eigenvalue weighted by Gasteiger charge is -2.18. The standard InChI is InChI=1S/C22H25N3O3/c1-14(2)13-25-15(3)9-17(16(25)4)10-18(12-23)22(26)24-19-5-6-20-21(11-19)28-8-7-27-20/h5-6,9-11,14H,7-8,13H2,1-4H3,(H,24,26)/b18-10+. The van der Waals surface area contributed by atoms with Gasteiger partial charge in [0.25, 0.3) is 5.91 Å². The van der Waals surface area contributed by atoms with Gasteiger partial charge in [-0.2, -0.15) is 5.26 Å². The third kappa shape index (κ3) is 4.20. The fraction of sp³-hybridized carbons (Fsp3) is 0.364. The van der Waals surface area contributed by atoms with Gasteiger partial charge >= 0.3 is 0 Å². The number of anilines is 1. The van der Waals surface area contributed by atoms with Crippen molar-refractivity contribution in [3.05, 3.63) is 46.8 Å². The molecule has 1 aliphatic heterocycles. The predicted molar refractivity (Wildman–Crippen MR) is 108 cm³/mol. The molecule has 0 bridgehead atoms. The van der Waals surface area contributed by atoms with Crippen molar-refractivity contribution in [1.82, 2.24) is 4.57 Å². The zero-order valence-electron chi connectivity index (χ0n) is 16.7. The largest absolute Gasteiger partial charge is 0.486 e. The van der Waals surface area contributed by atoms with Crippen molar-refractivity contribution in [3.8, 4) is 17.6 Å². The van der Waals surface area contributed by atoms with Crippen molar-refractivity contribution in [2.24, 2.45) is 5.92 Å². The molecule has 1 aliphatic rings. The lowest BCUT2D eigenvalue weighted by molar-refractivity contribution is -0.112. The fourth-order valence-electron chi connectivity index (χ4n) is 3.24. The van der Waals surface area contributed by atoms with Crippen LogP contribution in [0.5, 0.6) is 11.5 Å². The number of fused-ring (bicyclic) bond motifs is 1. The first kappa shape index (κ1) is 19.6. The Labute approximate surface area is 165 Å². The van der Waals surface area contributed by atoms with Crippen molar-refractivity contribution in [2.75, 3.05) is 18.5 Å². The summed E-state index contributed by atoms with van der Waals surface area (Å²) in [5, 5.41) is 12.3. The molecule has 2 heterocycles. The predicted octanol–water partition coefficient (Wildman–Crippen LogP) is 4.08. The summed E-state index contributed by atoms with van der Waals surface area (Å²) < 4.78 is 13.2. The maximum absolute atomic E-state index is 12.6. The third-order valence-electron chi connectivity index (χ3n) is 4.63. The van der Waals surface area contributed by atoms with E-state index in [1.54, 1.807) is 24.3 Å². The quantitative estimate of drug-likeness (QED) is 0.627. The maximum Gasteiger partial charge on any atom is 0.266 e. The third-order valence-corrected chi connectivity index (χ3v) is 4.63. The number of benzene rings is 1. The van der Waals surface area contributed by atoms with E-state index in [4.69, 9.17) is 9.47 Å². The Hall–Kier alpha value is -3.20. The van der Waals surface area contributed by atoms with E-state index >= 15 is 0 Å². The molecule has 6 nitrogen and oxygen atoms in total. The SMILES string of the molecule is Cc1cc(/C=C(\C#N)C(=O)Nc2ccc3c(c2)OCCO3)c(C)n1CC(C)C. The Kier molecular flexibility index (Phi) is 5.74. The average molecular weight is 379 g/mol. The minimum Gasteiger partial charge on any atom is -0.486 e. The van der Waals surface area contributed by atoms with Gasteiger partial charge in [0.05, 0.1) is 0 Å². The van der Waals surface area contributed by atoms with Gasteiger partial charge in [0, 0.05) is 29.7 Å². The summed E-state index contributed by atoms with van der Waals surface area (Å²) in [7, 11) is 0. The number of carbonyl (C=O) groups is 1. The highest BCUT2D eigenvalue weighted by molar-refractivity contribution is 6.09. The number of nitrogens with one attached hydrogen (secondary N) is 1. The number of aromatic nitrogens is 1. The number of rotatable bonds is 5.